The molecule has 0 radical (unpaired) electrons. The first-order valence-corrected chi connectivity index (χ1v) is 124. The molecule has 0 rings (SSSR count). The minimum Gasteiger partial charge on any atom is -0.456 e. The van der Waals surface area contributed by atoms with E-state index in [-0.39, 0.29) is 0 Å². The molecule has 0 aliphatic carbocycles. The van der Waals surface area contributed by atoms with Gasteiger partial charge < -0.3 is 86.4 Å². The van der Waals surface area contributed by atoms with Gasteiger partial charge in [0, 0.05) is 18.1 Å². The van der Waals surface area contributed by atoms with E-state index >= 15 is 0 Å². The van der Waals surface area contributed by atoms with Crippen LogP contribution in [0.25, 0.3) is 0 Å². The summed E-state index contributed by atoms with van der Waals surface area (Å²) in [6.07, 6.45) is 1.08. The monoisotopic (exact) mass is 2090 g/mol. The zero-order valence-corrected chi connectivity index (χ0v) is 114. The Labute approximate surface area is 743 Å². The van der Waals surface area contributed by atoms with Crippen molar-refractivity contribution in [1.29, 1.82) is 0 Å². The van der Waals surface area contributed by atoms with Gasteiger partial charge in [0.15, 0.2) is 141 Å². The molecule has 0 heterocycles. The summed E-state index contributed by atoms with van der Waals surface area (Å²) in [4.78, 5) is 0. The van der Waals surface area contributed by atoms with Crippen LogP contribution in [-0.4, -0.2) is 228 Å². The average molecular weight is 2090 g/mol. The van der Waals surface area contributed by atoms with Crippen molar-refractivity contribution >= 4 is 228 Å². The van der Waals surface area contributed by atoms with Gasteiger partial charge in [-0.05, 0) is 417 Å². The molecule has 48 heteroatoms. The highest BCUT2D eigenvalue weighted by Crippen LogP contribution is 2.41. The molecule has 115 heavy (non-hydrogen) atoms. The topological polar surface area (TPSA) is 194 Å². The van der Waals surface area contributed by atoms with Crippen molar-refractivity contribution < 1.29 is 86.4 Å². The molecule has 0 aromatic rings. The van der Waals surface area contributed by atoms with E-state index in [1.54, 1.807) is 0 Å². The van der Waals surface area contributed by atoms with Gasteiger partial charge in [-0.15, -0.1) is 0 Å². The van der Waals surface area contributed by atoms with Crippen LogP contribution >= 0.6 is 0 Å². The van der Waals surface area contributed by atoms with Crippen molar-refractivity contribution in [2.24, 2.45) is 0 Å². The third kappa shape index (κ3) is 69.6. The molecule has 0 saturated carbocycles. The molecule has 0 spiro atoms. The van der Waals surface area contributed by atoms with Crippen molar-refractivity contribution in [1.82, 2.24) is 0 Å². The SMILES string of the molecule is C[Si](C)(C)O[Si](C)(C)CCC[Si](O[Si](C)(C)C)(O[Si](C)(C)C)O[Si](C)(C)C.C[Si](C)(C)O[Si](C)(C)O[Si](C)(C)O[Si](C)(C)O[Si](C)(C)O[Si](C)(C)O[Si](C)(C)O[Si](C)(C)C.C[Si](C)(C)O[Si](CC[Si](C)(C)O[Si](O[Si](C)(C)C)(O[Si](C)(C)C)O[Si](C)(C)CC[Si](O[Si](C)(C)C)(O[Si](C)(C)C)O[Si](C)(C)C)(O[Si](C)(C)C)O[Si](C)(C)C. The standard InChI is InChI=1S/C32H92O10Si13.C18H54O7Si8.C17H48O4Si6/c1-43(2,3)33-53(34-44(4,5)6,35-45(7,8)9)31-29-51(25,26)41-55(39-49(19,20)21,40-50(22,23)24)42-52(27,28)30-32-54(36-46(10,11)12,37-47(13,14)15)38-48(16,17)18;1-26(2,3)19-28(7,8)21-30(11,12)23-32(15,16)25-33(17,18)24-31(13,14)22-29(9,10)20-27(4,5)6;1-22(2,3)18-26(13,14)16-15-17-27(19-23(4,5)6,20-24(7,8)9)21-25(10,11)12/h29-32H2,1-28H3;1-18H3;15-17H2,1-14H3. The Hall–Kier alpha value is 5.02. The van der Waals surface area contributed by atoms with E-state index < -0.39 is 228 Å². The normalized spacial score (nSPS) is 15.8. The van der Waals surface area contributed by atoms with Crippen LogP contribution in [0.1, 0.15) is 6.42 Å². The zero-order chi connectivity index (χ0) is 93.3. The molecule has 0 aliphatic rings. The highest BCUT2D eigenvalue weighted by Gasteiger charge is 2.61. The van der Waals surface area contributed by atoms with E-state index in [0.29, 0.717) is 12.1 Å². The van der Waals surface area contributed by atoms with Crippen LogP contribution in [-0.2, 0) is 86.4 Å². The molecule has 0 amide bonds. The molecular weight excluding hydrogens is 1900 g/mol. The molecule has 0 saturated heterocycles. The quantitative estimate of drug-likeness (QED) is 0.0521. The van der Waals surface area contributed by atoms with Gasteiger partial charge in [0.25, 0.3) is 0 Å². The lowest BCUT2D eigenvalue weighted by atomic mass is 10.6. The van der Waals surface area contributed by atoms with E-state index in [2.05, 4.69) is 393 Å². The van der Waals surface area contributed by atoms with E-state index in [9.17, 15) is 0 Å². The summed E-state index contributed by atoms with van der Waals surface area (Å²) in [5.41, 5.74) is 0. The molecule has 0 aliphatic heterocycles. The Balaban J connectivity index is -0.00000178. The van der Waals surface area contributed by atoms with Crippen LogP contribution in [0.4, 0.5) is 0 Å². The second kappa shape index (κ2) is 43.6. The van der Waals surface area contributed by atoms with Crippen molar-refractivity contribution in [2.75, 3.05) is 0 Å². The largest absolute Gasteiger partial charge is 0.636 e. The van der Waals surface area contributed by atoms with Crippen LogP contribution in [0.3, 0.4) is 0 Å². The van der Waals surface area contributed by atoms with Gasteiger partial charge in [-0.1, -0.05) is 0 Å². The fraction of sp³-hybridized carbons (Fsp3) is 1.00. The lowest BCUT2D eigenvalue weighted by molar-refractivity contribution is 0.146. The number of hydrogen-bond acceptors (Lipinski definition) is 21. The maximum atomic E-state index is 7.52. The summed E-state index contributed by atoms with van der Waals surface area (Å²) < 4.78 is 145. The second-order valence-electron chi connectivity index (χ2n) is 49.8. The van der Waals surface area contributed by atoms with Crippen LogP contribution < -0.4 is 0 Å². The summed E-state index contributed by atoms with van der Waals surface area (Å²) in [5.74, 6) is 0. The number of hydrogen-bond donors (Lipinski definition) is 0. The smallest absolute Gasteiger partial charge is 0.456 e. The summed E-state index contributed by atoms with van der Waals surface area (Å²) in [7, 11) is -61.0. The Morgan fingerprint density at radius 1 is 0.113 bits per heavy atom. The van der Waals surface area contributed by atoms with Crippen molar-refractivity contribution in [3.63, 3.8) is 0 Å². The van der Waals surface area contributed by atoms with Gasteiger partial charge >= 0.3 is 86.8 Å². The van der Waals surface area contributed by atoms with Crippen LogP contribution in [0.5, 0.6) is 0 Å². The fourth-order valence-corrected chi connectivity index (χ4v) is 126. The van der Waals surface area contributed by atoms with Gasteiger partial charge in [-0.3, -0.25) is 0 Å². The van der Waals surface area contributed by atoms with Gasteiger partial charge in [0.2, 0.25) is 0 Å². The minimum atomic E-state index is -3.73. The minimum absolute atomic E-state index is 0.709. The molecule has 0 bridgehead atoms. The third-order valence-electron chi connectivity index (χ3n) is 13.3. The first-order chi connectivity index (χ1) is 49.0. The Bertz CT molecular complexity index is 2590. The molecule has 21 nitrogen and oxygen atoms in total. The molecule has 0 unspecified atom stereocenters. The van der Waals surface area contributed by atoms with Crippen molar-refractivity contribution in [2.45, 2.75) is 436 Å². The molecule has 0 fully saturated rings. The molecular formula is C67H194O21Si27. The van der Waals surface area contributed by atoms with Crippen LogP contribution in [0, 0.1) is 0 Å². The van der Waals surface area contributed by atoms with Gasteiger partial charge in [-0.2, -0.15) is 0 Å². The summed E-state index contributed by atoms with van der Waals surface area (Å²) in [5, 5.41) is 0. The molecule has 0 N–H and O–H groups in total. The highest BCUT2D eigenvalue weighted by atomic mass is 28.6. The Morgan fingerprint density at radius 2 is 0.252 bits per heavy atom. The van der Waals surface area contributed by atoms with Crippen LogP contribution in [0.2, 0.25) is 429 Å². The van der Waals surface area contributed by atoms with E-state index in [4.69, 9.17) is 86.4 Å². The highest BCUT2D eigenvalue weighted by molar-refractivity contribution is 6.97. The van der Waals surface area contributed by atoms with E-state index in [1.807, 2.05) is 0 Å². The summed E-state index contributed by atoms with van der Waals surface area (Å²) in [6.45, 7) is 133. The molecule has 0 aromatic carbocycles. The second-order valence-corrected chi connectivity index (χ2v) is 162. The van der Waals surface area contributed by atoms with E-state index in [0.717, 1.165) is 30.6 Å². The molecule has 0 atom stereocenters. The lowest BCUT2D eigenvalue weighted by Crippen LogP contribution is -2.67. The summed E-state index contributed by atoms with van der Waals surface area (Å²) >= 11 is 0. The van der Waals surface area contributed by atoms with Crippen molar-refractivity contribution in [3.05, 3.63) is 0 Å². The predicted molar refractivity (Wildman–Crippen MR) is 563 cm³/mol. The third-order valence-corrected chi connectivity index (χ3v) is 101. The van der Waals surface area contributed by atoms with Gasteiger partial charge in [-0.25, -0.2) is 0 Å². The first-order valence-electron chi connectivity index (χ1n) is 42.7. The van der Waals surface area contributed by atoms with Gasteiger partial charge in [0.1, 0.15) is 0 Å². The average Bonchev–Trinajstić information content (AvgIpc) is 0.756. The maximum Gasteiger partial charge on any atom is 0.636 e. The predicted octanol–water partition coefficient (Wildman–Crippen LogP) is 26.5. The summed E-state index contributed by atoms with van der Waals surface area (Å²) in [6, 6.07) is 5.07. The van der Waals surface area contributed by atoms with Crippen molar-refractivity contribution in [3.8, 4) is 0 Å². The lowest BCUT2D eigenvalue weighted by Gasteiger charge is -2.47. The van der Waals surface area contributed by atoms with Gasteiger partial charge in [0.05, 0.1) is 0 Å². The fourth-order valence-electron chi connectivity index (χ4n) is 13.6. The zero-order valence-electron chi connectivity index (χ0n) is 87.0. The molecule has 696 valence electrons. The Kier molecular flexibility index (Phi) is 47.1. The number of rotatable bonds is 52. The first kappa shape index (κ1) is 124. The van der Waals surface area contributed by atoms with E-state index in [1.165, 1.54) is 0 Å². The maximum absolute atomic E-state index is 7.52. The Morgan fingerprint density at radius 3 is 0.409 bits per heavy atom. The molecule has 0 aromatic heterocycles. The van der Waals surface area contributed by atoms with Crippen LogP contribution in [0.15, 0.2) is 0 Å².